The summed E-state index contributed by atoms with van der Waals surface area (Å²) in [4.78, 5) is 0. The van der Waals surface area contributed by atoms with Crippen molar-refractivity contribution in [2.45, 2.75) is 0 Å². The summed E-state index contributed by atoms with van der Waals surface area (Å²) in [5.41, 5.74) is 5.88. The lowest BCUT2D eigenvalue weighted by atomic mass is 10.3. The van der Waals surface area contributed by atoms with Crippen molar-refractivity contribution in [2.24, 2.45) is 0 Å². The fraction of sp³-hybridized carbons (Fsp3) is 0. The Bertz CT molecular complexity index is 560. The van der Waals surface area contributed by atoms with Crippen LogP contribution < -0.4 is 10.5 Å². The first-order valence-corrected chi connectivity index (χ1v) is 5.12. The summed E-state index contributed by atoms with van der Waals surface area (Å²) in [5.74, 6) is -2.03. The van der Waals surface area contributed by atoms with E-state index in [9.17, 15) is 8.78 Å². The number of benzene rings is 2. The van der Waals surface area contributed by atoms with Gasteiger partial charge in [0.05, 0.1) is 5.69 Å². The van der Waals surface area contributed by atoms with E-state index in [1.807, 2.05) is 0 Å². The second-order valence-electron chi connectivity index (χ2n) is 3.34. The van der Waals surface area contributed by atoms with Crippen LogP contribution in [0.2, 0.25) is 5.02 Å². The maximum absolute atomic E-state index is 13.3. The zero-order valence-corrected chi connectivity index (χ0v) is 9.34. The highest BCUT2D eigenvalue weighted by Crippen LogP contribution is 2.31. The first kappa shape index (κ1) is 11.7. The summed E-state index contributed by atoms with van der Waals surface area (Å²) in [6.45, 7) is 0. The Hall–Kier alpha value is -1.81. The number of hydrogen-bond donors (Lipinski definition) is 1. The van der Waals surface area contributed by atoms with Crippen LogP contribution in [0.1, 0.15) is 0 Å². The van der Waals surface area contributed by atoms with Crippen molar-refractivity contribution in [1.82, 2.24) is 0 Å². The van der Waals surface area contributed by atoms with Crippen LogP contribution in [0.4, 0.5) is 14.5 Å². The first-order chi connectivity index (χ1) is 8.08. The third kappa shape index (κ3) is 2.47. The van der Waals surface area contributed by atoms with Crippen molar-refractivity contribution in [3.05, 3.63) is 53.1 Å². The fourth-order valence-electron chi connectivity index (χ4n) is 1.29. The predicted octanol–water partition coefficient (Wildman–Crippen LogP) is 3.99. The van der Waals surface area contributed by atoms with Gasteiger partial charge in [-0.3, -0.25) is 0 Å². The molecule has 2 rings (SSSR count). The molecule has 0 aromatic heterocycles. The highest BCUT2D eigenvalue weighted by Gasteiger charge is 2.11. The molecular weight excluding hydrogens is 248 g/mol. The SMILES string of the molecule is Nc1cc(Cl)ccc1Oc1cccc(F)c1F. The van der Waals surface area contributed by atoms with Crippen molar-refractivity contribution < 1.29 is 13.5 Å². The minimum Gasteiger partial charge on any atom is -0.452 e. The highest BCUT2D eigenvalue weighted by atomic mass is 35.5. The van der Waals surface area contributed by atoms with Gasteiger partial charge in [0.15, 0.2) is 17.3 Å². The van der Waals surface area contributed by atoms with Gasteiger partial charge in [0, 0.05) is 5.02 Å². The lowest BCUT2D eigenvalue weighted by Crippen LogP contribution is -1.95. The number of hydrogen-bond acceptors (Lipinski definition) is 2. The van der Waals surface area contributed by atoms with E-state index in [0.717, 1.165) is 6.07 Å². The molecule has 0 aliphatic carbocycles. The molecule has 0 saturated heterocycles. The molecule has 0 amide bonds. The summed E-state index contributed by atoms with van der Waals surface area (Å²) in [5, 5.41) is 0.439. The van der Waals surface area contributed by atoms with Crippen LogP contribution in [-0.4, -0.2) is 0 Å². The Morgan fingerprint density at radius 3 is 2.53 bits per heavy atom. The van der Waals surface area contributed by atoms with Crippen molar-refractivity contribution in [3.8, 4) is 11.5 Å². The zero-order valence-electron chi connectivity index (χ0n) is 8.58. The fourth-order valence-corrected chi connectivity index (χ4v) is 1.47. The second-order valence-corrected chi connectivity index (χ2v) is 3.77. The van der Waals surface area contributed by atoms with Gasteiger partial charge in [-0.15, -0.1) is 0 Å². The number of rotatable bonds is 2. The molecule has 0 fully saturated rings. The van der Waals surface area contributed by atoms with Gasteiger partial charge in [-0.25, -0.2) is 4.39 Å². The molecule has 88 valence electrons. The van der Waals surface area contributed by atoms with Gasteiger partial charge < -0.3 is 10.5 Å². The third-order valence-corrected chi connectivity index (χ3v) is 2.34. The number of nitrogens with two attached hydrogens (primary N) is 1. The molecule has 2 aromatic rings. The number of nitrogen functional groups attached to an aromatic ring is 1. The smallest absolute Gasteiger partial charge is 0.201 e. The van der Waals surface area contributed by atoms with E-state index in [2.05, 4.69) is 0 Å². The maximum atomic E-state index is 13.3. The molecule has 2 nitrogen and oxygen atoms in total. The van der Waals surface area contributed by atoms with Gasteiger partial charge in [-0.1, -0.05) is 17.7 Å². The van der Waals surface area contributed by atoms with Crippen LogP contribution >= 0.6 is 11.6 Å². The summed E-state index contributed by atoms with van der Waals surface area (Å²) >= 11 is 5.71. The zero-order chi connectivity index (χ0) is 12.4. The van der Waals surface area contributed by atoms with Crippen LogP contribution in [0, 0.1) is 11.6 Å². The molecule has 0 aliphatic heterocycles. The minimum absolute atomic E-state index is 0.221. The van der Waals surface area contributed by atoms with E-state index < -0.39 is 11.6 Å². The Balaban J connectivity index is 2.35. The lowest BCUT2D eigenvalue weighted by Gasteiger charge is -2.09. The van der Waals surface area contributed by atoms with Crippen molar-refractivity contribution in [3.63, 3.8) is 0 Å². The summed E-state index contributed by atoms with van der Waals surface area (Å²) in [6.07, 6.45) is 0. The van der Waals surface area contributed by atoms with Crippen LogP contribution in [0.15, 0.2) is 36.4 Å². The normalized spacial score (nSPS) is 10.3. The highest BCUT2D eigenvalue weighted by molar-refractivity contribution is 6.30. The number of halogens is 3. The molecule has 0 heterocycles. The molecule has 0 saturated carbocycles. The van der Waals surface area contributed by atoms with Crippen molar-refractivity contribution in [2.75, 3.05) is 5.73 Å². The van der Waals surface area contributed by atoms with E-state index in [1.165, 1.54) is 24.3 Å². The van der Waals surface area contributed by atoms with Gasteiger partial charge in [0.25, 0.3) is 0 Å². The van der Waals surface area contributed by atoms with Gasteiger partial charge in [0.1, 0.15) is 0 Å². The summed E-state index contributed by atoms with van der Waals surface area (Å²) in [7, 11) is 0. The monoisotopic (exact) mass is 255 g/mol. The molecular formula is C12H8ClF2NO. The van der Waals surface area contributed by atoms with Gasteiger partial charge in [-0.05, 0) is 30.3 Å². The van der Waals surface area contributed by atoms with Gasteiger partial charge in [-0.2, -0.15) is 4.39 Å². The van der Waals surface area contributed by atoms with Gasteiger partial charge >= 0.3 is 0 Å². The molecule has 17 heavy (non-hydrogen) atoms. The van der Waals surface area contributed by atoms with E-state index in [1.54, 1.807) is 6.07 Å². The lowest BCUT2D eigenvalue weighted by molar-refractivity contribution is 0.417. The number of ether oxygens (including phenoxy) is 1. The van der Waals surface area contributed by atoms with Crippen LogP contribution in [-0.2, 0) is 0 Å². The minimum atomic E-state index is -1.05. The Kier molecular flexibility index (Phi) is 3.15. The van der Waals surface area contributed by atoms with E-state index in [-0.39, 0.29) is 17.2 Å². The Morgan fingerprint density at radius 1 is 1.06 bits per heavy atom. The van der Waals surface area contributed by atoms with E-state index in [4.69, 9.17) is 22.1 Å². The van der Waals surface area contributed by atoms with Crippen molar-refractivity contribution in [1.29, 1.82) is 0 Å². The second kappa shape index (κ2) is 4.59. The quantitative estimate of drug-likeness (QED) is 0.824. The molecule has 0 aliphatic rings. The molecule has 0 bridgehead atoms. The summed E-state index contributed by atoms with van der Waals surface area (Å²) < 4.78 is 31.4. The molecule has 2 aromatic carbocycles. The third-order valence-electron chi connectivity index (χ3n) is 2.11. The van der Waals surface area contributed by atoms with Crippen LogP contribution in [0.5, 0.6) is 11.5 Å². The Labute approximate surface area is 102 Å². The summed E-state index contributed by atoms with van der Waals surface area (Å²) in [6, 6.07) is 8.17. The Morgan fingerprint density at radius 2 is 1.82 bits per heavy atom. The topological polar surface area (TPSA) is 35.2 Å². The number of anilines is 1. The molecule has 0 atom stereocenters. The standard InChI is InChI=1S/C12H8ClF2NO/c13-7-4-5-10(9(16)6-7)17-11-3-1-2-8(14)12(11)15/h1-6H,16H2. The molecule has 0 spiro atoms. The average molecular weight is 256 g/mol. The van der Waals surface area contributed by atoms with Crippen molar-refractivity contribution >= 4 is 17.3 Å². The molecule has 5 heteroatoms. The molecule has 0 unspecified atom stereocenters. The first-order valence-electron chi connectivity index (χ1n) is 4.75. The molecule has 2 N–H and O–H groups in total. The largest absolute Gasteiger partial charge is 0.452 e. The maximum Gasteiger partial charge on any atom is 0.201 e. The average Bonchev–Trinajstić information content (AvgIpc) is 2.28. The van der Waals surface area contributed by atoms with E-state index >= 15 is 0 Å². The predicted molar refractivity (Wildman–Crippen MR) is 62.3 cm³/mol. The van der Waals surface area contributed by atoms with Gasteiger partial charge in [0.2, 0.25) is 5.82 Å². The van der Waals surface area contributed by atoms with Crippen LogP contribution in [0.25, 0.3) is 0 Å². The molecule has 0 radical (unpaired) electrons. The van der Waals surface area contributed by atoms with E-state index in [0.29, 0.717) is 5.02 Å². The van der Waals surface area contributed by atoms with Crippen LogP contribution in [0.3, 0.4) is 0 Å².